The first-order chi connectivity index (χ1) is 17.0. The van der Waals surface area contributed by atoms with E-state index >= 15 is 0 Å². The fourth-order valence-electron chi connectivity index (χ4n) is 3.21. The third-order valence-electron chi connectivity index (χ3n) is 4.99. The lowest BCUT2D eigenvalue weighted by Crippen LogP contribution is -2.28. The average molecular weight is 536 g/mol. The van der Waals surface area contributed by atoms with E-state index in [2.05, 4.69) is 35.6 Å². The maximum absolute atomic E-state index is 13.2. The molecule has 1 aromatic carbocycles. The fourth-order valence-corrected chi connectivity index (χ4v) is 4.29. The van der Waals surface area contributed by atoms with Gasteiger partial charge in [0.25, 0.3) is 11.8 Å². The van der Waals surface area contributed by atoms with Crippen LogP contribution in [0.2, 0.25) is 5.02 Å². The van der Waals surface area contributed by atoms with Crippen LogP contribution in [0.3, 0.4) is 0 Å². The fraction of sp³-hybridized carbons (Fsp3) is 0.182. The normalized spacial score (nSPS) is 12.3. The third kappa shape index (κ3) is 5.36. The van der Waals surface area contributed by atoms with E-state index in [1.807, 2.05) is 0 Å². The molecule has 9 nitrogen and oxygen atoms in total. The SMILES string of the molecule is Cc1ccc(NC(=O)c2cnc([C@H](C)NC(=O)c3ncnc(-c4ncc[nH]4)c3Cl)s2)cc1C(F)(F)F. The van der Waals surface area contributed by atoms with E-state index in [1.165, 1.54) is 37.8 Å². The minimum absolute atomic E-state index is 0.00000852. The number of hydrogen-bond donors (Lipinski definition) is 3. The third-order valence-corrected chi connectivity index (χ3v) is 6.53. The number of benzene rings is 1. The van der Waals surface area contributed by atoms with Gasteiger partial charge in [0, 0.05) is 18.1 Å². The molecule has 1 atom stereocenters. The topological polar surface area (TPSA) is 126 Å². The van der Waals surface area contributed by atoms with Gasteiger partial charge in [0.05, 0.1) is 17.8 Å². The average Bonchev–Trinajstić information content (AvgIpc) is 3.52. The van der Waals surface area contributed by atoms with Crippen molar-refractivity contribution in [2.75, 3.05) is 5.32 Å². The summed E-state index contributed by atoms with van der Waals surface area (Å²) in [7, 11) is 0. The molecule has 3 N–H and O–H groups in total. The van der Waals surface area contributed by atoms with E-state index < -0.39 is 29.6 Å². The summed E-state index contributed by atoms with van der Waals surface area (Å²) in [6.45, 7) is 2.99. The van der Waals surface area contributed by atoms with Gasteiger partial charge in [-0.15, -0.1) is 11.3 Å². The molecule has 3 aromatic heterocycles. The second kappa shape index (κ2) is 10.0. The molecule has 0 bridgehead atoms. The monoisotopic (exact) mass is 535 g/mol. The highest BCUT2D eigenvalue weighted by molar-refractivity contribution is 7.13. The van der Waals surface area contributed by atoms with Gasteiger partial charge in [-0.2, -0.15) is 13.2 Å². The number of rotatable bonds is 6. The number of hydrogen-bond acceptors (Lipinski definition) is 7. The molecule has 0 aliphatic carbocycles. The number of nitrogens with one attached hydrogen (secondary N) is 3. The molecular formula is C22H17ClF3N7O2S. The van der Waals surface area contributed by atoms with Gasteiger partial charge in [0.2, 0.25) is 0 Å². The summed E-state index contributed by atoms with van der Waals surface area (Å²) in [4.78, 5) is 44.6. The van der Waals surface area contributed by atoms with Gasteiger partial charge in [0.15, 0.2) is 11.5 Å². The first kappa shape index (κ1) is 25.3. The van der Waals surface area contributed by atoms with Gasteiger partial charge in [-0.25, -0.2) is 19.9 Å². The summed E-state index contributed by atoms with van der Waals surface area (Å²) in [5.41, 5.74) is -0.600. The molecular weight excluding hydrogens is 519 g/mol. The summed E-state index contributed by atoms with van der Waals surface area (Å²) in [6, 6.07) is 2.92. The molecule has 2 amide bonds. The number of aryl methyl sites for hydroxylation is 1. The summed E-state index contributed by atoms with van der Waals surface area (Å²) >= 11 is 7.30. The summed E-state index contributed by atoms with van der Waals surface area (Å²) < 4.78 is 39.5. The van der Waals surface area contributed by atoms with Crippen molar-refractivity contribution in [2.24, 2.45) is 0 Å². The lowest BCUT2D eigenvalue weighted by molar-refractivity contribution is -0.138. The van der Waals surface area contributed by atoms with E-state index in [9.17, 15) is 22.8 Å². The zero-order valence-electron chi connectivity index (χ0n) is 18.6. The Balaban J connectivity index is 1.45. The molecule has 4 aromatic rings. The molecule has 3 heterocycles. The van der Waals surface area contributed by atoms with Crippen LogP contribution in [0.15, 0.2) is 43.1 Å². The van der Waals surface area contributed by atoms with Crippen molar-refractivity contribution in [3.05, 3.63) is 74.8 Å². The number of anilines is 1. The summed E-state index contributed by atoms with van der Waals surface area (Å²) in [6.07, 6.45) is 1.02. The van der Waals surface area contributed by atoms with Crippen molar-refractivity contribution in [2.45, 2.75) is 26.1 Å². The number of imidazole rings is 1. The summed E-state index contributed by atoms with van der Waals surface area (Å²) in [5.74, 6) is -0.851. The molecule has 0 radical (unpaired) electrons. The highest BCUT2D eigenvalue weighted by Crippen LogP contribution is 2.34. The number of aromatic amines is 1. The molecule has 0 aliphatic rings. The number of H-pyrrole nitrogens is 1. The number of carbonyl (C=O) groups is 2. The molecule has 0 saturated carbocycles. The van der Waals surface area contributed by atoms with Gasteiger partial charge >= 0.3 is 6.18 Å². The van der Waals surface area contributed by atoms with Crippen LogP contribution in [-0.2, 0) is 6.18 Å². The molecule has 0 saturated heterocycles. The number of thiazole rings is 1. The molecule has 186 valence electrons. The molecule has 4 rings (SSSR count). The van der Waals surface area contributed by atoms with Gasteiger partial charge < -0.3 is 15.6 Å². The Hall–Kier alpha value is -3.84. The first-order valence-corrected chi connectivity index (χ1v) is 11.5. The van der Waals surface area contributed by atoms with E-state index in [0.717, 1.165) is 17.4 Å². The number of nitrogens with zero attached hydrogens (tertiary/aromatic N) is 4. The lowest BCUT2D eigenvalue weighted by atomic mass is 10.1. The molecule has 0 spiro atoms. The summed E-state index contributed by atoms with van der Waals surface area (Å²) in [5, 5.41) is 5.55. The maximum Gasteiger partial charge on any atom is 0.416 e. The molecule has 0 unspecified atom stereocenters. The Morgan fingerprint density at radius 3 is 2.61 bits per heavy atom. The second-order valence-electron chi connectivity index (χ2n) is 7.56. The predicted molar refractivity (Wildman–Crippen MR) is 127 cm³/mol. The highest BCUT2D eigenvalue weighted by atomic mass is 35.5. The number of aromatic nitrogens is 5. The largest absolute Gasteiger partial charge is 0.416 e. The van der Waals surface area contributed by atoms with Crippen LogP contribution >= 0.6 is 22.9 Å². The predicted octanol–water partition coefficient (Wildman–Crippen LogP) is 5.05. The Kier molecular flexibility index (Phi) is 7.04. The number of amides is 2. The van der Waals surface area contributed by atoms with Crippen molar-refractivity contribution in [1.82, 2.24) is 30.2 Å². The van der Waals surface area contributed by atoms with E-state index in [0.29, 0.717) is 10.8 Å². The Labute approximate surface area is 211 Å². The lowest BCUT2D eigenvalue weighted by Gasteiger charge is -2.12. The number of alkyl halides is 3. The molecule has 36 heavy (non-hydrogen) atoms. The Morgan fingerprint density at radius 1 is 1.14 bits per heavy atom. The van der Waals surface area contributed by atoms with Crippen molar-refractivity contribution in [1.29, 1.82) is 0 Å². The van der Waals surface area contributed by atoms with Crippen LogP contribution < -0.4 is 10.6 Å². The van der Waals surface area contributed by atoms with Crippen LogP contribution in [0, 0.1) is 6.92 Å². The zero-order valence-corrected chi connectivity index (χ0v) is 20.2. The Morgan fingerprint density at radius 2 is 1.92 bits per heavy atom. The van der Waals surface area contributed by atoms with Gasteiger partial charge in [-0.3, -0.25) is 9.59 Å². The maximum atomic E-state index is 13.2. The van der Waals surface area contributed by atoms with Crippen molar-refractivity contribution in [3.8, 4) is 11.5 Å². The quantitative estimate of drug-likeness (QED) is 0.317. The molecule has 0 aliphatic heterocycles. The smallest absolute Gasteiger partial charge is 0.343 e. The zero-order chi connectivity index (χ0) is 26.0. The van der Waals surface area contributed by atoms with Gasteiger partial charge in [-0.05, 0) is 31.5 Å². The van der Waals surface area contributed by atoms with Crippen LogP contribution in [0.5, 0.6) is 0 Å². The van der Waals surface area contributed by atoms with Crippen LogP contribution in [0.1, 0.15) is 49.3 Å². The first-order valence-electron chi connectivity index (χ1n) is 10.3. The van der Waals surface area contributed by atoms with Crippen molar-refractivity contribution >= 4 is 40.4 Å². The van der Waals surface area contributed by atoms with Crippen LogP contribution in [0.25, 0.3) is 11.5 Å². The van der Waals surface area contributed by atoms with Gasteiger partial charge in [0.1, 0.15) is 26.9 Å². The Bertz CT molecular complexity index is 1420. The van der Waals surface area contributed by atoms with E-state index in [-0.39, 0.29) is 32.5 Å². The highest BCUT2D eigenvalue weighted by Gasteiger charge is 2.32. The molecule has 0 fully saturated rings. The van der Waals surface area contributed by atoms with Crippen LogP contribution in [-0.4, -0.2) is 36.7 Å². The minimum atomic E-state index is -4.54. The van der Waals surface area contributed by atoms with E-state index in [1.54, 1.807) is 13.1 Å². The van der Waals surface area contributed by atoms with Crippen molar-refractivity contribution < 1.29 is 22.8 Å². The van der Waals surface area contributed by atoms with E-state index in [4.69, 9.17) is 11.6 Å². The number of carbonyl (C=O) groups excluding carboxylic acids is 2. The molecule has 14 heteroatoms. The van der Waals surface area contributed by atoms with Gasteiger partial charge in [-0.1, -0.05) is 17.7 Å². The standard InChI is InChI=1S/C22H17ClF3N7O2S/c1-10-3-4-12(7-13(10)22(24,25)26)33-19(34)14-8-29-21(36-14)11(2)32-20(35)17-15(23)16(30-9-31-17)18-27-5-6-28-18/h3-9,11H,1-2H3,(H,27,28)(H,32,35)(H,33,34)/t11-/m0/s1. The number of halogens is 4. The van der Waals surface area contributed by atoms with Crippen molar-refractivity contribution in [3.63, 3.8) is 0 Å². The second-order valence-corrected chi connectivity index (χ2v) is 9.00. The minimum Gasteiger partial charge on any atom is -0.343 e. The van der Waals surface area contributed by atoms with Crippen LogP contribution in [0.4, 0.5) is 18.9 Å².